The van der Waals surface area contributed by atoms with Crippen molar-refractivity contribution in [1.29, 1.82) is 5.41 Å². The van der Waals surface area contributed by atoms with Gasteiger partial charge in [0.05, 0.1) is 7.11 Å². The zero-order valence-electron chi connectivity index (χ0n) is 12.7. The molecule has 3 aromatic rings. The molecule has 3 N–H and O–H groups in total. The Kier molecular flexibility index (Phi) is 4.05. The molecule has 0 saturated heterocycles. The second kappa shape index (κ2) is 6.31. The molecule has 1 aromatic heterocycles. The normalized spacial score (nSPS) is 11.2. The number of aromatic nitrogens is 1. The highest BCUT2D eigenvalue weighted by Crippen LogP contribution is 2.20. The van der Waals surface area contributed by atoms with Crippen LogP contribution in [-0.4, -0.2) is 17.5 Å². The lowest BCUT2D eigenvalue weighted by Gasteiger charge is -2.08. The highest BCUT2D eigenvalue weighted by atomic mass is 16.5. The number of hydrogen-bond donors (Lipinski definition) is 2. The second-order valence-electron chi connectivity index (χ2n) is 5.13. The topological polar surface area (TPSA) is 88.8 Å². The van der Waals surface area contributed by atoms with Crippen molar-refractivity contribution in [2.24, 2.45) is 16.2 Å². The molecule has 1 heterocycles. The monoisotopic (exact) mass is 307 g/mol. The number of nitrogens with two attached hydrogens (primary N) is 1. The van der Waals surface area contributed by atoms with E-state index in [1.54, 1.807) is 7.11 Å². The van der Waals surface area contributed by atoms with Crippen molar-refractivity contribution in [3.05, 3.63) is 65.9 Å². The first-order chi connectivity index (χ1) is 11.2. The molecule has 0 atom stereocenters. The van der Waals surface area contributed by atoms with Crippen LogP contribution in [-0.2, 0) is 6.54 Å². The molecule has 0 aliphatic carbocycles. The predicted molar refractivity (Wildman–Crippen MR) is 89.9 cm³/mol. The summed E-state index contributed by atoms with van der Waals surface area (Å²) in [6.45, 7) is 0.739. The summed E-state index contributed by atoms with van der Waals surface area (Å²) >= 11 is 0. The number of amidine groups is 1. The van der Waals surface area contributed by atoms with E-state index in [9.17, 15) is 0 Å². The van der Waals surface area contributed by atoms with Crippen LogP contribution in [0.1, 0.15) is 11.1 Å². The number of ether oxygens (including phenoxy) is 1. The van der Waals surface area contributed by atoms with Gasteiger partial charge in [-0.2, -0.15) is 0 Å². The molecule has 0 amide bonds. The van der Waals surface area contributed by atoms with Crippen LogP contribution in [0.4, 0.5) is 0 Å². The smallest absolute Gasteiger partial charge is 0.176 e. The molecule has 0 unspecified atom stereocenters. The first kappa shape index (κ1) is 14.8. The van der Waals surface area contributed by atoms with Crippen molar-refractivity contribution < 1.29 is 4.74 Å². The minimum Gasteiger partial charge on any atom is -0.497 e. The molecular formula is C17H17N5O. The van der Waals surface area contributed by atoms with Gasteiger partial charge < -0.3 is 15.1 Å². The molecule has 23 heavy (non-hydrogen) atoms. The molecule has 0 fully saturated rings. The lowest BCUT2D eigenvalue weighted by molar-refractivity contribution is 0.414. The summed E-state index contributed by atoms with van der Waals surface area (Å²) in [7, 11) is 1.66. The fourth-order valence-electron chi connectivity index (χ4n) is 2.51. The molecule has 6 heteroatoms. The number of nitrogens with zero attached hydrogens (tertiary/aromatic N) is 3. The molecule has 0 saturated carbocycles. The molecule has 6 nitrogen and oxygen atoms in total. The van der Waals surface area contributed by atoms with Gasteiger partial charge in [0.15, 0.2) is 5.84 Å². The average molecular weight is 307 g/mol. The Hall–Kier alpha value is -3.15. The molecule has 0 radical (unpaired) electrons. The van der Waals surface area contributed by atoms with Gasteiger partial charge in [-0.15, -0.1) is 5.11 Å². The van der Waals surface area contributed by atoms with Gasteiger partial charge in [0.25, 0.3) is 0 Å². The predicted octanol–water partition coefficient (Wildman–Crippen LogP) is 3.35. The average Bonchev–Trinajstić information content (AvgIpc) is 2.98. The van der Waals surface area contributed by atoms with Crippen molar-refractivity contribution in [1.82, 2.24) is 4.57 Å². The van der Waals surface area contributed by atoms with E-state index in [2.05, 4.69) is 21.0 Å². The number of nitrogens with one attached hydrogen (secondary N) is 1. The largest absolute Gasteiger partial charge is 0.497 e. The molecule has 0 aliphatic rings. The van der Waals surface area contributed by atoms with Crippen molar-refractivity contribution in [3.63, 3.8) is 0 Å². The van der Waals surface area contributed by atoms with Crippen LogP contribution in [0.2, 0.25) is 0 Å². The minimum absolute atomic E-state index is 0.0478. The SMILES string of the molecule is COc1ccc(Cn2ccc3ccc(C(=N)N=NN)cc32)cc1. The summed E-state index contributed by atoms with van der Waals surface area (Å²) in [5, 5.41) is 15.7. The summed E-state index contributed by atoms with van der Waals surface area (Å²) in [5.41, 5.74) is 2.89. The lowest BCUT2D eigenvalue weighted by atomic mass is 10.1. The van der Waals surface area contributed by atoms with Gasteiger partial charge in [-0.1, -0.05) is 29.5 Å². The quantitative estimate of drug-likeness (QED) is 0.254. The van der Waals surface area contributed by atoms with Gasteiger partial charge >= 0.3 is 0 Å². The first-order valence-electron chi connectivity index (χ1n) is 7.13. The third-order valence-electron chi connectivity index (χ3n) is 3.72. The van der Waals surface area contributed by atoms with E-state index in [0.29, 0.717) is 5.56 Å². The Morgan fingerprint density at radius 1 is 1.17 bits per heavy atom. The Morgan fingerprint density at radius 2 is 1.96 bits per heavy atom. The van der Waals surface area contributed by atoms with Gasteiger partial charge in [-0.25, -0.2) is 0 Å². The number of methoxy groups -OCH3 is 1. The third-order valence-corrected chi connectivity index (χ3v) is 3.72. The molecule has 0 spiro atoms. The van der Waals surface area contributed by atoms with E-state index < -0.39 is 0 Å². The fourth-order valence-corrected chi connectivity index (χ4v) is 2.51. The zero-order chi connectivity index (χ0) is 16.2. The van der Waals surface area contributed by atoms with Crippen molar-refractivity contribution in [2.45, 2.75) is 6.54 Å². The van der Waals surface area contributed by atoms with Crippen molar-refractivity contribution in [2.75, 3.05) is 7.11 Å². The molecular weight excluding hydrogens is 290 g/mol. The van der Waals surface area contributed by atoms with Crippen LogP contribution in [0, 0.1) is 5.41 Å². The van der Waals surface area contributed by atoms with E-state index in [1.165, 1.54) is 5.56 Å². The highest BCUT2D eigenvalue weighted by molar-refractivity contribution is 5.99. The standard InChI is InChI=1S/C17H17N5O/c1-23-15-6-2-12(3-7-15)11-22-9-8-13-4-5-14(10-16(13)22)17(18)20-21-19/h2-10H,11H2,1H3,(H3,18,19,20). The van der Waals surface area contributed by atoms with E-state index in [-0.39, 0.29) is 5.84 Å². The molecule has 0 aliphatic heterocycles. The van der Waals surface area contributed by atoms with Gasteiger partial charge in [-0.3, -0.25) is 5.41 Å². The van der Waals surface area contributed by atoms with Crippen LogP contribution in [0.3, 0.4) is 0 Å². The summed E-state index contributed by atoms with van der Waals surface area (Å²) in [5.74, 6) is 5.91. The third kappa shape index (κ3) is 3.06. The maximum atomic E-state index is 7.83. The number of benzene rings is 2. The maximum absolute atomic E-state index is 7.83. The van der Waals surface area contributed by atoms with Gasteiger partial charge in [0, 0.05) is 23.8 Å². The number of hydrogen-bond acceptors (Lipinski definition) is 3. The Labute approximate surface area is 133 Å². The fraction of sp³-hybridized carbons (Fsp3) is 0.118. The zero-order valence-corrected chi connectivity index (χ0v) is 12.7. The Bertz CT molecular complexity index is 864. The van der Waals surface area contributed by atoms with Crippen LogP contribution in [0.15, 0.2) is 65.1 Å². The Morgan fingerprint density at radius 3 is 2.65 bits per heavy atom. The van der Waals surface area contributed by atoms with Crippen LogP contribution >= 0.6 is 0 Å². The minimum atomic E-state index is 0.0478. The Balaban J connectivity index is 1.93. The van der Waals surface area contributed by atoms with E-state index >= 15 is 0 Å². The van der Waals surface area contributed by atoms with E-state index in [0.717, 1.165) is 23.2 Å². The summed E-state index contributed by atoms with van der Waals surface area (Å²) in [6, 6.07) is 15.8. The van der Waals surface area contributed by atoms with Crippen molar-refractivity contribution >= 4 is 16.7 Å². The molecule has 3 rings (SSSR count). The number of rotatable bonds is 4. The van der Waals surface area contributed by atoms with Crippen LogP contribution in [0.5, 0.6) is 5.75 Å². The summed E-state index contributed by atoms with van der Waals surface area (Å²) < 4.78 is 7.31. The van der Waals surface area contributed by atoms with Gasteiger partial charge in [-0.05, 0) is 35.2 Å². The second-order valence-corrected chi connectivity index (χ2v) is 5.13. The maximum Gasteiger partial charge on any atom is 0.176 e. The summed E-state index contributed by atoms with van der Waals surface area (Å²) in [4.78, 5) is 0. The summed E-state index contributed by atoms with van der Waals surface area (Å²) in [6.07, 6.45) is 2.03. The van der Waals surface area contributed by atoms with E-state index in [1.807, 2.05) is 48.7 Å². The van der Waals surface area contributed by atoms with Gasteiger partial charge in [0.2, 0.25) is 0 Å². The van der Waals surface area contributed by atoms with Gasteiger partial charge in [0.1, 0.15) is 5.75 Å². The van der Waals surface area contributed by atoms with Crippen LogP contribution < -0.4 is 10.6 Å². The molecule has 2 aromatic carbocycles. The molecule has 0 bridgehead atoms. The van der Waals surface area contributed by atoms with Crippen LogP contribution in [0.25, 0.3) is 10.9 Å². The lowest BCUT2D eigenvalue weighted by Crippen LogP contribution is -2.00. The highest BCUT2D eigenvalue weighted by Gasteiger charge is 2.06. The first-order valence-corrected chi connectivity index (χ1v) is 7.13. The molecule has 116 valence electrons. The number of fused-ring (bicyclic) bond motifs is 1. The van der Waals surface area contributed by atoms with E-state index in [4.69, 9.17) is 16.0 Å². The van der Waals surface area contributed by atoms with Crippen molar-refractivity contribution in [3.8, 4) is 5.75 Å².